The summed E-state index contributed by atoms with van der Waals surface area (Å²) in [6.45, 7) is 0.588. The van der Waals surface area contributed by atoms with Crippen LogP contribution in [0.4, 0.5) is 5.69 Å². The lowest BCUT2D eigenvalue weighted by Crippen LogP contribution is -2.39. The van der Waals surface area contributed by atoms with Gasteiger partial charge in [-0.1, -0.05) is 22.0 Å². The lowest BCUT2D eigenvalue weighted by molar-refractivity contribution is -0.117. The summed E-state index contributed by atoms with van der Waals surface area (Å²) in [6, 6.07) is 12.7. The number of methoxy groups -OCH3 is 1. The quantitative estimate of drug-likeness (QED) is 0.875. The minimum Gasteiger partial charge on any atom is -0.497 e. The number of amides is 2. The molecule has 3 rings (SSSR count). The molecule has 0 radical (unpaired) electrons. The zero-order valence-corrected chi connectivity index (χ0v) is 14.8. The van der Waals surface area contributed by atoms with Gasteiger partial charge in [0.1, 0.15) is 5.75 Å². The van der Waals surface area contributed by atoms with Crippen LogP contribution < -0.4 is 15.0 Å². The predicted octanol–water partition coefficient (Wildman–Crippen LogP) is 2.78. The summed E-state index contributed by atoms with van der Waals surface area (Å²) >= 11 is 3.33. The van der Waals surface area contributed by atoms with E-state index in [2.05, 4.69) is 21.2 Å². The molecule has 24 heavy (non-hydrogen) atoms. The van der Waals surface area contributed by atoms with Gasteiger partial charge in [0, 0.05) is 22.3 Å². The molecular formula is C18H17BrN2O3. The molecule has 5 nitrogen and oxygen atoms in total. The third-order valence-corrected chi connectivity index (χ3v) is 4.46. The van der Waals surface area contributed by atoms with Crippen molar-refractivity contribution in [3.05, 3.63) is 58.1 Å². The van der Waals surface area contributed by atoms with Crippen LogP contribution in [0.15, 0.2) is 46.9 Å². The van der Waals surface area contributed by atoms with E-state index in [-0.39, 0.29) is 18.4 Å². The van der Waals surface area contributed by atoms with Gasteiger partial charge >= 0.3 is 0 Å². The van der Waals surface area contributed by atoms with Gasteiger partial charge in [0.25, 0.3) is 5.91 Å². The Bertz CT molecular complexity index is 792. The van der Waals surface area contributed by atoms with E-state index in [9.17, 15) is 9.59 Å². The van der Waals surface area contributed by atoms with Crippen molar-refractivity contribution in [2.24, 2.45) is 0 Å². The highest BCUT2D eigenvalue weighted by Crippen LogP contribution is 2.31. The number of halogens is 1. The Balaban J connectivity index is 1.64. The second-order valence-electron chi connectivity index (χ2n) is 5.48. The number of hydrogen-bond acceptors (Lipinski definition) is 3. The molecule has 0 unspecified atom stereocenters. The Hall–Kier alpha value is -2.34. The highest BCUT2D eigenvalue weighted by Gasteiger charge is 2.25. The summed E-state index contributed by atoms with van der Waals surface area (Å²) in [5.41, 5.74) is 2.49. The van der Waals surface area contributed by atoms with Crippen LogP contribution in [-0.2, 0) is 11.2 Å². The molecule has 2 amide bonds. The Morgan fingerprint density at radius 1 is 1.25 bits per heavy atom. The summed E-state index contributed by atoms with van der Waals surface area (Å²) in [5.74, 6) is 0.395. The number of nitrogens with zero attached hydrogens (tertiary/aromatic N) is 1. The number of fused-ring (bicyclic) bond motifs is 1. The first kappa shape index (κ1) is 16.5. The summed E-state index contributed by atoms with van der Waals surface area (Å²) in [6.07, 6.45) is 0.790. The first-order chi connectivity index (χ1) is 11.6. The molecular weight excluding hydrogens is 372 g/mol. The minimum absolute atomic E-state index is 0.0309. The van der Waals surface area contributed by atoms with Crippen LogP contribution in [0, 0.1) is 0 Å². The molecule has 0 spiro atoms. The molecule has 1 N–H and O–H groups in total. The van der Waals surface area contributed by atoms with Gasteiger partial charge in [0.05, 0.1) is 13.7 Å². The average molecular weight is 389 g/mol. The molecule has 0 aromatic heterocycles. The van der Waals surface area contributed by atoms with Crippen molar-refractivity contribution < 1.29 is 14.3 Å². The van der Waals surface area contributed by atoms with Crippen molar-refractivity contribution >= 4 is 33.4 Å². The van der Waals surface area contributed by atoms with Gasteiger partial charge in [0.2, 0.25) is 5.91 Å². The van der Waals surface area contributed by atoms with Gasteiger partial charge in [-0.25, -0.2) is 0 Å². The fraction of sp³-hybridized carbons (Fsp3) is 0.222. The van der Waals surface area contributed by atoms with Crippen molar-refractivity contribution in [3.8, 4) is 5.75 Å². The molecule has 0 atom stereocenters. The first-order valence-corrected chi connectivity index (χ1v) is 8.39. The largest absolute Gasteiger partial charge is 0.497 e. The number of hydrogen-bond donors (Lipinski definition) is 1. The monoisotopic (exact) mass is 388 g/mol. The van der Waals surface area contributed by atoms with Crippen LogP contribution in [-0.4, -0.2) is 32.0 Å². The summed E-state index contributed by atoms with van der Waals surface area (Å²) in [4.78, 5) is 26.3. The number of ether oxygens (including phenoxy) is 1. The molecule has 1 aliphatic rings. The maximum Gasteiger partial charge on any atom is 0.251 e. The van der Waals surface area contributed by atoms with E-state index >= 15 is 0 Å². The zero-order chi connectivity index (χ0) is 17.1. The number of anilines is 1. The SMILES string of the molecule is COc1ccc2c(c1)CCN2C(=O)CNC(=O)c1cccc(Br)c1. The standard InChI is InChI=1S/C18H17BrN2O3/c1-24-15-5-6-16-12(10-15)7-8-21(16)17(22)11-20-18(23)13-3-2-4-14(19)9-13/h2-6,9-10H,7-8,11H2,1H3,(H,20,23). The predicted molar refractivity (Wildman–Crippen MR) is 95.5 cm³/mol. The molecule has 0 saturated heterocycles. The summed E-state index contributed by atoms with van der Waals surface area (Å²) in [5, 5.41) is 2.68. The van der Waals surface area contributed by atoms with E-state index < -0.39 is 0 Å². The summed E-state index contributed by atoms with van der Waals surface area (Å²) in [7, 11) is 1.62. The molecule has 0 aliphatic carbocycles. The van der Waals surface area contributed by atoms with Crippen LogP contribution >= 0.6 is 15.9 Å². The van der Waals surface area contributed by atoms with Gasteiger partial charge < -0.3 is 15.0 Å². The Morgan fingerprint density at radius 2 is 2.08 bits per heavy atom. The van der Waals surface area contributed by atoms with Crippen molar-refractivity contribution in [2.45, 2.75) is 6.42 Å². The third kappa shape index (κ3) is 3.43. The van der Waals surface area contributed by atoms with Crippen LogP contribution in [0.25, 0.3) is 0 Å². The van der Waals surface area contributed by atoms with Gasteiger partial charge in [-0.3, -0.25) is 9.59 Å². The van der Waals surface area contributed by atoms with E-state index in [4.69, 9.17) is 4.74 Å². The lowest BCUT2D eigenvalue weighted by atomic mass is 10.1. The van der Waals surface area contributed by atoms with Crippen LogP contribution in [0.5, 0.6) is 5.75 Å². The van der Waals surface area contributed by atoms with E-state index in [1.807, 2.05) is 24.3 Å². The molecule has 0 saturated carbocycles. The van der Waals surface area contributed by atoms with E-state index in [0.717, 1.165) is 27.9 Å². The van der Waals surface area contributed by atoms with E-state index in [1.165, 1.54) is 0 Å². The first-order valence-electron chi connectivity index (χ1n) is 7.59. The van der Waals surface area contributed by atoms with Crippen molar-refractivity contribution in [1.29, 1.82) is 0 Å². The molecule has 6 heteroatoms. The molecule has 2 aromatic carbocycles. The molecule has 0 fully saturated rings. The lowest BCUT2D eigenvalue weighted by Gasteiger charge is -2.18. The highest BCUT2D eigenvalue weighted by atomic mass is 79.9. The van der Waals surface area contributed by atoms with Crippen molar-refractivity contribution in [1.82, 2.24) is 5.32 Å². The van der Waals surface area contributed by atoms with Crippen LogP contribution in [0.3, 0.4) is 0 Å². The molecule has 1 aliphatic heterocycles. The van der Waals surface area contributed by atoms with Gasteiger partial charge in [-0.2, -0.15) is 0 Å². The number of carbonyl (C=O) groups excluding carboxylic acids is 2. The smallest absolute Gasteiger partial charge is 0.251 e. The Morgan fingerprint density at radius 3 is 2.83 bits per heavy atom. The molecule has 124 valence electrons. The summed E-state index contributed by atoms with van der Waals surface area (Å²) < 4.78 is 6.03. The topological polar surface area (TPSA) is 58.6 Å². The number of nitrogens with one attached hydrogen (secondary N) is 1. The van der Waals surface area contributed by atoms with Gasteiger partial charge in [0.15, 0.2) is 0 Å². The van der Waals surface area contributed by atoms with E-state index in [0.29, 0.717) is 12.1 Å². The number of carbonyl (C=O) groups is 2. The fourth-order valence-electron chi connectivity index (χ4n) is 2.75. The van der Waals surface area contributed by atoms with E-state index in [1.54, 1.807) is 30.2 Å². The van der Waals surface area contributed by atoms with Crippen LogP contribution in [0.1, 0.15) is 15.9 Å². The molecule has 1 heterocycles. The minimum atomic E-state index is -0.265. The number of benzene rings is 2. The van der Waals surface area contributed by atoms with Gasteiger partial charge in [-0.15, -0.1) is 0 Å². The second kappa shape index (κ2) is 7.05. The third-order valence-electron chi connectivity index (χ3n) is 3.97. The fourth-order valence-corrected chi connectivity index (χ4v) is 3.15. The molecule has 2 aromatic rings. The Labute approximate surface area is 148 Å². The highest BCUT2D eigenvalue weighted by molar-refractivity contribution is 9.10. The average Bonchev–Trinajstić information content (AvgIpc) is 3.02. The normalized spacial score (nSPS) is 12.7. The zero-order valence-electron chi connectivity index (χ0n) is 13.2. The second-order valence-corrected chi connectivity index (χ2v) is 6.40. The molecule has 0 bridgehead atoms. The van der Waals surface area contributed by atoms with Gasteiger partial charge in [-0.05, 0) is 48.4 Å². The maximum atomic E-state index is 12.4. The number of rotatable bonds is 4. The van der Waals surface area contributed by atoms with Crippen molar-refractivity contribution in [2.75, 3.05) is 25.1 Å². The Kier molecular flexibility index (Phi) is 4.85. The van der Waals surface area contributed by atoms with Crippen LogP contribution in [0.2, 0.25) is 0 Å². The maximum absolute atomic E-state index is 12.4. The van der Waals surface area contributed by atoms with Crippen molar-refractivity contribution in [3.63, 3.8) is 0 Å².